The van der Waals surface area contributed by atoms with Crippen molar-refractivity contribution in [1.82, 2.24) is 0 Å². The lowest BCUT2D eigenvalue weighted by molar-refractivity contribution is -0.0191. The summed E-state index contributed by atoms with van der Waals surface area (Å²) in [6.07, 6.45) is 0. The van der Waals surface area contributed by atoms with Gasteiger partial charge in [-0.2, -0.15) is 0 Å². The van der Waals surface area contributed by atoms with Crippen LogP contribution in [0.5, 0.6) is 5.75 Å². The van der Waals surface area contributed by atoms with E-state index in [4.69, 9.17) is 20.3 Å². The number of nitrogens with two attached hydrogens (primary N) is 1. The Bertz CT molecular complexity index is 370. The predicted octanol–water partition coefficient (Wildman–Crippen LogP) is 0.684. The number of hydrogen-bond donors (Lipinski definition) is 2. The second-order valence-corrected chi connectivity index (χ2v) is 3.39. The zero-order valence-corrected chi connectivity index (χ0v) is 8.07. The maximum atomic E-state index is 13.5. The number of fused-ring (bicyclic) bond motifs is 1. The standard InChI is InChI=1S/C10H12FNO3/c11-8-2-6(9(12)3-13)1-7-4-14-5-15-10(7)8/h1-2,9,13H,3-5,12H2. The molecule has 0 radical (unpaired) electrons. The average molecular weight is 213 g/mol. The Labute approximate surface area is 86.4 Å². The van der Waals surface area contributed by atoms with E-state index in [1.165, 1.54) is 6.07 Å². The third kappa shape index (κ3) is 1.94. The molecule has 1 atom stereocenters. The second-order valence-electron chi connectivity index (χ2n) is 3.39. The summed E-state index contributed by atoms with van der Waals surface area (Å²) < 4.78 is 23.6. The molecule has 0 saturated carbocycles. The van der Waals surface area contributed by atoms with E-state index in [2.05, 4.69) is 0 Å². The predicted molar refractivity (Wildman–Crippen MR) is 50.7 cm³/mol. The molecule has 0 amide bonds. The van der Waals surface area contributed by atoms with Crippen molar-refractivity contribution in [2.24, 2.45) is 5.73 Å². The molecule has 0 aromatic heterocycles. The molecule has 1 heterocycles. The van der Waals surface area contributed by atoms with Crippen LogP contribution in [0.2, 0.25) is 0 Å². The molecule has 0 saturated heterocycles. The first kappa shape index (κ1) is 10.4. The minimum atomic E-state index is -0.577. The summed E-state index contributed by atoms with van der Waals surface area (Å²) in [5, 5.41) is 8.87. The van der Waals surface area contributed by atoms with Crippen LogP contribution in [-0.2, 0) is 11.3 Å². The molecular weight excluding hydrogens is 201 g/mol. The van der Waals surface area contributed by atoms with Gasteiger partial charge >= 0.3 is 0 Å². The topological polar surface area (TPSA) is 64.7 Å². The van der Waals surface area contributed by atoms with Gasteiger partial charge < -0.3 is 20.3 Å². The van der Waals surface area contributed by atoms with Gasteiger partial charge in [-0.1, -0.05) is 0 Å². The highest BCUT2D eigenvalue weighted by Gasteiger charge is 2.18. The van der Waals surface area contributed by atoms with Gasteiger partial charge in [0.1, 0.15) is 0 Å². The van der Waals surface area contributed by atoms with Crippen LogP contribution in [0, 0.1) is 5.82 Å². The Hall–Kier alpha value is -1.17. The summed E-state index contributed by atoms with van der Waals surface area (Å²) in [7, 11) is 0. The number of ether oxygens (including phenoxy) is 2. The number of aliphatic hydroxyl groups excluding tert-OH is 1. The van der Waals surface area contributed by atoms with E-state index >= 15 is 0 Å². The quantitative estimate of drug-likeness (QED) is 0.758. The van der Waals surface area contributed by atoms with Crippen LogP contribution in [0.1, 0.15) is 17.2 Å². The third-order valence-electron chi connectivity index (χ3n) is 2.31. The Morgan fingerprint density at radius 2 is 2.33 bits per heavy atom. The van der Waals surface area contributed by atoms with Gasteiger partial charge in [0.2, 0.25) is 0 Å². The largest absolute Gasteiger partial charge is 0.464 e. The molecule has 2 rings (SSSR count). The Morgan fingerprint density at radius 3 is 3.07 bits per heavy atom. The first-order chi connectivity index (χ1) is 7.22. The van der Waals surface area contributed by atoms with Gasteiger partial charge in [-0.05, 0) is 17.7 Å². The van der Waals surface area contributed by atoms with Crippen molar-refractivity contribution in [3.8, 4) is 5.75 Å². The molecule has 0 fully saturated rings. The van der Waals surface area contributed by atoms with Crippen molar-refractivity contribution >= 4 is 0 Å². The van der Waals surface area contributed by atoms with Crippen LogP contribution in [0.3, 0.4) is 0 Å². The maximum Gasteiger partial charge on any atom is 0.189 e. The molecule has 82 valence electrons. The van der Waals surface area contributed by atoms with E-state index in [0.29, 0.717) is 17.7 Å². The fourth-order valence-corrected chi connectivity index (χ4v) is 1.51. The van der Waals surface area contributed by atoms with Gasteiger partial charge in [-0.15, -0.1) is 0 Å². The summed E-state index contributed by atoms with van der Waals surface area (Å²) in [5.74, 6) is -0.246. The fourth-order valence-electron chi connectivity index (χ4n) is 1.51. The molecular formula is C10H12FNO3. The van der Waals surface area contributed by atoms with Gasteiger partial charge in [-0.3, -0.25) is 0 Å². The van der Waals surface area contributed by atoms with Crippen molar-refractivity contribution in [1.29, 1.82) is 0 Å². The molecule has 0 aliphatic carbocycles. The van der Waals surface area contributed by atoms with Crippen LogP contribution in [-0.4, -0.2) is 18.5 Å². The van der Waals surface area contributed by atoms with E-state index in [0.717, 1.165) is 0 Å². The molecule has 0 bridgehead atoms. The first-order valence-corrected chi connectivity index (χ1v) is 4.61. The molecule has 5 heteroatoms. The van der Waals surface area contributed by atoms with Crippen LogP contribution in [0.25, 0.3) is 0 Å². The van der Waals surface area contributed by atoms with Crippen LogP contribution in [0.4, 0.5) is 4.39 Å². The number of halogens is 1. The van der Waals surface area contributed by atoms with E-state index in [-0.39, 0.29) is 19.1 Å². The number of benzene rings is 1. The lowest BCUT2D eigenvalue weighted by Gasteiger charge is -2.20. The van der Waals surface area contributed by atoms with Crippen LogP contribution < -0.4 is 10.5 Å². The summed E-state index contributed by atoms with van der Waals surface area (Å²) in [6.45, 7) is 0.146. The molecule has 1 aromatic rings. The normalized spacial score (nSPS) is 16.7. The van der Waals surface area contributed by atoms with Crippen molar-refractivity contribution in [3.63, 3.8) is 0 Å². The van der Waals surface area contributed by atoms with Crippen molar-refractivity contribution in [2.45, 2.75) is 12.6 Å². The fraction of sp³-hybridized carbons (Fsp3) is 0.400. The molecule has 3 N–H and O–H groups in total. The van der Waals surface area contributed by atoms with Crippen LogP contribution in [0.15, 0.2) is 12.1 Å². The Balaban J connectivity index is 2.40. The third-order valence-corrected chi connectivity index (χ3v) is 2.31. The molecule has 0 spiro atoms. The van der Waals surface area contributed by atoms with Gasteiger partial charge in [0.25, 0.3) is 0 Å². The van der Waals surface area contributed by atoms with E-state index < -0.39 is 11.9 Å². The first-order valence-electron chi connectivity index (χ1n) is 4.61. The summed E-state index contributed by atoms with van der Waals surface area (Å²) in [5.41, 5.74) is 6.77. The average Bonchev–Trinajstić information content (AvgIpc) is 2.28. The number of aliphatic hydroxyl groups is 1. The molecule has 4 nitrogen and oxygen atoms in total. The van der Waals surface area contributed by atoms with Crippen molar-refractivity contribution in [2.75, 3.05) is 13.4 Å². The number of hydrogen-bond acceptors (Lipinski definition) is 4. The van der Waals surface area contributed by atoms with Gasteiger partial charge in [-0.25, -0.2) is 4.39 Å². The van der Waals surface area contributed by atoms with Gasteiger partial charge in [0.15, 0.2) is 18.4 Å². The summed E-state index contributed by atoms with van der Waals surface area (Å²) >= 11 is 0. The Kier molecular flexibility index (Phi) is 2.86. The van der Waals surface area contributed by atoms with Crippen molar-refractivity contribution < 1.29 is 19.0 Å². The smallest absolute Gasteiger partial charge is 0.189 e. The maximum absolute atomic E-state index is 13.5. The van der Waals surface area contributed by atoms with E-state index in [9.17, 15) is 4.39 Å². The van der Waals surface area contributed by atoms with Gasteiger partial charge in [0.05, 0.1) is 19.3 Å². The van der Waals surface area contributed by atoms with E-state index in [1.54, 1.807) is 6.07 Å². The van der Waals surface area contributed by atoms with Crippen LogP contribution >= 0.6 is 0 Å². The van der Waals surface area contributed by atoms with Crippen molar-refractivity contribution in [3.05, 3.63) is 29.1 Å². The lowest BCUT2D eigenvalue weighted by atomic mass is 10.0. The highest BCUT2D eigenvalue weighted by atomic mass is 19.1. The van der Waals surface area contributed by atoms with E-state index in [1.807, 2.05) is 0 Å². The highest BCUT2D eigenvalue weighted by Crippen LogP contribution is 2.29. The molecule has 15 heavy (non-hydrogen) atoms. The SMILES string of the molecule is NC(CO)c1cc(F)c2c(c1)COCO2. The molecule has 1 aliphatic heterocycles. The molecule has 1 aromatic carbocycles. The zero-order valence-electron chi connectivity index (χ0n) is 8.07. The minimum absolute atomic E-state index is 0.0648. The molecule has 1 unspecified atom stereocenters. The summed E-state index contributed by atoms with van der Waals surface area (Å²) in [4.78, 5) is 0. The number of rotatable bonds is 2. The molecule has 1 aliphatic rings. The minimum Gasteiger partial charge on any atom is -0.464 e. The lowest BCUT2D eigenvalue weighted by Crippen LogP contribution is -2.18. The summed E-state index contributed by atoms with van der Waals surface area (Å²) in [6, 6.07) is 2.40. The van der Waals surface area contributed by atoms with Gasteiger partial charge in [0, 0.05) is 5.56 Å². The highest BCUT2D eigenvalue weighted by molar-refractivity contribution is 5.40. The Morgan fingerprint density at radius 1 is 1.53 bits per heavy atom. The second kappa shape index (κ2) is 4.14. The monoisotopic (exact) mass is 213 g/mol. The zero-order chi connectivity index (χ0) is 10.8.